The van der Waals surface area contributed by atoms with Gasteiger partial charge in [-0.25, -0.2) is 0 Å². The molecule has 2 aliphatic carbocycles. The number of aryl methyl sites for hydroxylation is 3. The molecule has 0 fully saturated rings. The van der Waals surface area contributed by atoms with Crippen LogP contribution in [0.4, 0.5) is 0 Å². The summed E-state index contributed by atoms with van der Waals surface area (Å²) in [5.41, 5.74) is 5.60. The summed E-state index contributed by atoms with van der Waals surface area (Å²) in [4.78, 5) is 26.0. The number of fused-ring (bicyclic) bond motifs is 2. The van der Waals surface area contributed by atoms with Gasteiger partial charge in [0.2, 0.25) is 0 Å². The predicted molar refractivity (Wildman–Crippen MR) is 122 cm³/mol. The number of benzene rings is 2. The molecule has 0 aliphatic heterocycles. The molecule has 2 N–H and O–H groups in total. The Kier molecular flexibility index (Phi) is 5.52. The number of hydrogen-bond acceptors (Lipinski definition) is 3. The average molecular weight is 429 g/mol. The van der Waals surface area contributed by atoms with Gasteiger partial charge in [-0.3, -0.25) is 14.3 Å². The van der Waals surface area contributed by atoms with E-state index in [1.54, 1.807) is 13.1 Å². The number of aromatic nitrogens is 2. The second kappa shape index (κ2) is 8.61. The van der Waals surface area contributed by atoms with Gasteiger partial charge in [0, 0.05) is 13.1 Å². The van der Waals surface area contributed by atoms with Crippen LogP contribution >= 0.6 is 0 Å². The largest absolute Gasteiger partial charge is 0.344 e. The molecule has 5 rings (SSSR count). The molecule has 6 nitrogen and oxygen atoms in total. The molecule has 2 aliphatic rings. The molecule has 2 atom stereocenters. The van der Waals surface area contributed by atoms with Crippen molar-refractivity contribution in [1.29, 1.82) is 0 Å². The monoisotopic (exact) mass is 428 g/mol. The van der Waals surface area contributed by atoms with Crippen LogP contribution in [0.25, 0.3) is 0 Å². The van der Waals surface area contributed by atoms with Crippen molar-refractivity contribution < 1.29 is 9.59 Å². The van der Waals surface area contributed by atoms with E-state index in [2.05, 4.69) is 40.0 Å². The van der Waals surface area contributed by atoms with E-state index in [1.807, 2.05) is 24.3 Å². The quantitative estimate of drug-likeness (QED) is 0.659. The Hall–Kier alpha value is -3.41. The van der Waals surface area contributed by atoms with E-state index in [9.17, 15) is 9.59 Å². The summed E-state index contributed by atoms with van der Waals surface area (Å²) in [6.45, 7) is 0. The minimum absolute atomic E-state index is 0.0154. The van der Waals surface area contributed by atoms with Crippen LogP contribution in [0.15, 0.2) is 54.6 Å². The first-order valence-corrected chi connectivity index (χ1v) is 11.4. The number of rotatable bonds is 4. The van der Waals surface area contributed by atoms with E-state index < -0.39 is 0 Å². The molecular weight excluding hydrogens is 400 g/mol. The Morgan fingerprint density at radius 1 is 0.844 bits per heavy atom. The van der Waals surface area contributed by atoms with Crippen molar-refractivity contribution in [2.45, 2.75) is 50.6 Å². The molecule has 0 unspecified atom stereocenters. The zero-order chi connectivity index (χ0) is 22.1. The van der Waals surface area contributed by atoms with E-state index in [0.29, 0.717) is 5.69 Å². The number of carbonyl (C=O) groups is 2. The summed E-state index contributed by atoms with van der Waals surface area (Å²) in [5, 5.41) is 10.6. The molecule has 2 aromatic carbocycles. The lowest BCUT2D eigenvalue weighted by molar-refractivity contribution is 0.0917. The Balaban J connectivity index is 1.30. The molecule has 2 amide bonds. The maximum absolute atomic E-state index is 13.0. The van der Waals surface area contributed by atoms with Crippen LogP contribution in [-0.2, 0) is 19.9 Å². The van der Waals surface area contributed by atoms with Crippen LogP contribution in [-0.4, -0.2) is 21.6 Å². The predicted octanol–water partition coefficient (Wildman–Crippen LogP) is 4.03. The van der Waals surface area contributed by atoms with Crippen molar-refractivity contribution in [3.05, 3.63) is 88.2 Å². The highest BCUT2D eigenvalue weighted by molar-refractivity contribution is 5.98. The zero-order valence-electron chi connectivity index (χ0n) is 18.3. The summed E-state index contributed by atoms with van der Waals surface area (Å²) in [6.07, 6.45) is 5.99. The molecule has 3 aromatic rings. The highest BCUT2D eigenvalue weighted by Crippen LogP contribution is 2.31. The zero-order valence-corrected chi connectivity index (χ0v) is 18.3. The van der Waals surface area contributed by atoms with Crippen molar-refractivity contribution in [1.82, 2.24) is 20.4 Å². The third kappa shape index (κ3) is 3.93. The fourth-order valence-electron chi connectivity index (χ4n) is 5.06. The molecule has 0 saturated heterocycles. The summed E-state index contributed by atoms with van der Waals surface area (Å²) in [7, 11) is 1.70. The fourth-order valence-corrected chi connectivity index (χ4v) is 5.06. The maximum Gasteiger partial charge on any atom is 0.272 e. The third-order valence-corrected chi connectivity index (χ3v) is 6.69. The van der Waals surface area contributed by atoms with Gasteiger partial charge in [-0.2, -0.15) is 5.10 Å². The lowest BCUT2D eigenvalue weighted by atomic mass is 9.87. The molecule has 1 aromatic heterocycles. The summed E-state index contributed by atoms with van der Waals surface area (Å²) < 4.78 is 1.49. The minimum atomic E-state index is -0.246. The molecule has 32 heavy (non-hydrogen) atoms. The van der Waals surface area contributed by atoms with Gasteiger partial charge in [0.05, 0.1) is 12.1 Å². The average Bonchev–Trinajstić information content (AvgIpc) is 3.21. The summed E-state index contributed by atoms with van der Waals surface area (Å²) >= 11 is 0. The Labute approximate surface area is 188 Å². The number of hydrogen-bond donors (Lipinski definition) is 2. The highest BCUT2D eigenvalue weighted by Gasteiger charge is 2.26. The van der Waals surface area contributed by atoms with Crippen molar-refractivity contribution in [2.75, 3.05) is 0 Å². The molecule has 0 bridgehead atoms. The number of amides is 2. The van der Waals surface area contributed by atoms with E-state index in [4.69, 9.17) is 0 Å². The lowest BCUT2D eigenvalue weighted by Crippen LogP contribution is -2.32. The SMILES string of the molecule is Cn1nc(C(=O)N[C@H]2CCCc3ccccc32)cc1C(=O)N[C@H]1CCCc2ccccc21. The summed E-state index contributed by atoms with van der Waals surface area (Å²) in [6, 6.07) is 18.1. The molecule has 0 radical (unpaired) electrons. The van der Waals surface area contributed by atoms with Crippen molar-refractivity contribution in [2.24, 2.45) is 7.05 Å². The van der Waals surface area contributed by atoms with E-state index in [-0.39, 0.29) is 29.6 Å². The van der Waals surface area contributed by atoms with Crippen LogP contribution in [0.1, 0.15) is 81.0 Å². The van der Waals surface area contributed by atoms with Gasteiger partial charge in [-0.05, 0) is 60.8 Å². The van der Waals surface area contributed by atoms with E-state index >= 15 is 0 Å². The Morgan fingerprint density at radius 3 is 1.97 bits per heavy atom. The second-order valence-electron chi connectivity index (χ2n) is 8.77. The van der Waals surface area contributed by atoms with Gasteiger partial charge >= 0.3 is 0 Å². The standard InChI is InChI=1S/C26H28N4O2/c1-30-24(26(32)28-22-15-7-11-18-9-3-5-13-20(18)22)16-23(29-30)25(31)27-21-14-6-10-17-8-2-4-12-19(17)21/h2-5,8-9,12-13,16,21-22H,6-7,10-11,14-15H2,1H3,(H,27,31)(H,28,32)/t21-,22-/m0/s1. The van der Waals surface area contributed by atoms with E-state index in [0.717, 1.165) is 38.5 Å². The summed E-state index contributed by atoms with van der Waals surface area (Å²) in [5.74, 6) is -0.451. The van der Waals surface area contributed by atoms with Gasteiger partial charge in [-0.15, -0.1) is 0 Å². The normalized spacial score (nSPS) is 19.5. The first-order chi connectivity index (χ1) is 15.6. The van der Waals surface area contributed by atoms with Crippen LogP contribution in [0.5, 0.6) is 0 Å². The minimum Gasteiger partial charge on any atom is -0.344 e. The molecule has 0 spiro atoms. The molecule has 6 heteroatoms. The Morgan fingerprint density at radius 2 is 1.38 bits per heavy atom. The van der Waals surface area contributed by atoms with Crippen LogP contribution < -0.4 is 10.6 Å². The number of nitrogens with zero attached hydrogens (tertiary/aromatic N) is 2. The van der Waals surface area contributed by atoms with Crippen molar-refractivity contribution in [3.63, 3.8) is 0 Å². The second-order valence-corrected chi connectivity index (χ2v) is 8.77. The molecular formula is C26H28N4O2. The molecule has 1 heterocycles. The number of nitrogens with one attached hydrogen (secondary N) is 2. The first-order valence-electron chi connectivity index (χ1n) is 11.4. The van der Waals surface area contributed by atoms with Crippen LogP contribution in [0.3, 0.4) is 0 Å². The van der Waals surface area contributed by atoms with Crippen molar-refractivity contribution in [3.8, 4) is 0 Å². The topological polar surface area (TPSA) is 76.0 Å². The first kappa shape index (κ1) is 20.5. The smallest absolute Gasteiger partial charge is 0.272 e. The molecule has 164 valence electrons. The van der Waals surface area contributed by atoms with Gasteiger partial charge in [0.15, 0.2) is 5.69 Å². The Bertz CT molecular complexity index is 1170. The fraction of sp³-hybridized carbons (Fsp3) is 0.346. The number of carbonyl (C=O) groups excluding carboxylic acids is 2. The third-order valence-electron chi connectivity index (χ3n) is 6.69. The van der Waals surface area contributed by atoms with Crippen molar-refractivity contribution >= 4 is 11.8 Å². The lowest BCUT2D eigenvalue weighted by Gasteiger charge is -2.26. The van der Waals surface area contributed by atoms with Gasteiger partial charge < -0.3 is 10.6 Å². The van der Waals surface area contributed by atoms with Crippen LogP contribution in [0, 0.1) is 0 Å². The van der Waals surface area contributed by atoms with E-state index in [1.165, 1.54) is 26.9 Å². The van der Waals surface area contributed by atoms with Gasteiger partial charge in [0.25, 0.3) is 11.8 Å². The highest BCUT2D eigenvalue weighted by atomic mass is 16.2. The van der Waals surface area contributed by atoms with Gasteiger partial charge in [0.1, 0.15) is 5.69 Å². The van der Waals surface area contributed by atoms with Crippen LogP contribution in [0.2, 0.25) is 0 Å². The molecule has 0 saturated carbocycles. The van der Waals surface area contributed by atoms with Gasteiger partial charge in [-0.1, -0.05) is 48.5 Å². The maximum atomic E-state index is 13.0.